The average Bonchev–Trinajstić information content (AvgIpc) is 3.33. The van der Waals surface area contributed by atoms with Crippen molar-refractivity contribution in [3.8, 4) is 5.75 Å². The van der Waals surface area contributed by atoms with Crippen LogP contribution in [0.25, 0.3) is 0 Å². The zero-order valence-electron chi connectivity index (χ0n) is 18.3. The highest BCUT2D eigenvalue weighted by Gasteiger charge is 2.26. The lowest BCUT2D eigenvalue weighted by Crippen LogP contribution is -2.43. The molecule has 31 heavy (non-hydrogen) atoms. The normalized spacial score (nSPS) is 16.3. The molecule has 1 heterocycles. The first kappa shape index (κ1) is 25.6. The van der Waals surface area contributed by atoms with Crippen molar-refractivity contribution in [2.45, 2.75) is 23.8 Å². The number of ether oxygens (including phenoxy) is 1. The van der Waals surface area contributed by atoms with Gasteiger partial charge in [-0.2, -0.15) is 0 Å². The molecule has 1 aliphatic heterocycles. The Hall–Kier alpha value is -1.65. The van der Waals surface area contributed by atoms with Crippen molar-refractivity contribution < 1.29 is 8.95 Å². The smallest absolute Gasteiger partial charge is 0.191 e. The Morgan fingerprint density at radius 2 is 1.77 bits per heavy atom. The summed E-state index contributed by atoms with van der Waals surface area (Å²) >= 11 is 0. The van der Waals surface area contributed by atoms with Crippen molar-refractivity contribution in [3.05, 3.63) is 60.2 Å². The van der Waals surface area contributed by atoms with Crippen molar-refractivity contribution in [1.82, 2.24) is 15.5 Å². The average molecular weight is 557 g/mol. The highest BCUT2D eigenvalue weighted by atomic mass is 127. The largest absolute Gasteiger partial charge is 0.496 e. The lowest BCUT2D eigenvalue weighted by Gasteiger charge is -2.30. The maximum Gasteiger partial charge on any atom is 0.191 e. The number of nitrogens with one attached hydrogen (secondary N) is 2. The number of aliphatic imine (C=N–C) groups is 1. The predicted octanol–water partition coefficient (Wildman–Crippen LogP) is 3.42. The summed E-state index contributed by atoms with van der Waals surface area (Å²) in [4.78, 5) is 7.69. The van der Waals surface area contributed by atoms with Gasteiger partial charge in [-0.15, -0.1) is 24.0 Å². The van der Waals surface area contributed by atoms with E-state index in [1.54, 1.807) is 14.2 Å². The van der Waals surface area contributed by atoms with Gasteiger partial charge in [-0.1, -0.05) is 36.4 Å². The van der Waals surface area contributed by atoms with Crippen LogP contribution >= 0.6 is 24.0 Å². The molecule has 0 bridgehead atoms. The van der Waals surface area contributed by atoms with Crippen molar-refractivity contribution in [1.29, 1.82) is 0 Å². The molecule has 8 heteroatoms. The number of rotatable bonds is 9. The monoisotopic (exact) mass is 556 g/mol. The number of hydrogen-bond donors (Lipinski definition) is 2. The molecule has 2 unspecified atom stereocenters. The summed E-state index contributed by atoms with van der Waals surface area (Å²) in [6.07, 6.45) is 2.45. The summed E-state index contributed by atoms with van der Waals surface area (Å²) < 4.78 is 18.0. The fraction of sp³-hybridized carbons (Fsp3) is 0.435. The Kier molecular flexibility index (Phi) is 11.3. The standard InChI is InChI=1S/C23H32N4O2S.HI/c1-24-23(25-14-17-30(28)19-10-4-3-5-11-19)26-18-21(27-15-8-9-16-27)20-12-6-7-13-22(20)29-2;/h3-7,10-13,21H,8-9,14-18H2,1-2H3,(H2,24,25,26);1H. The molecule has 0 aromatic heterocycles. The second-order valence-corrected chi connectivity index (χ2v) is 8.81. The molecule has 2 N–H and O–H groups in total. The zero-order chi connectivity index (χ0) is 21.2. The summed E-state index contributed by atoms with van der Waals surface area (Å²) in [5.41, 5.74) is 1.19. The summed E-state index contributed by atoms with van der Waals surface area (Å²) in [5.74, 6) is 2.17. The quantitative estimate of drug-likeness (QED) is 0.282. The van der Waals surface area contributed by atoms with Crippen LogP contribution in [0.2, 0.25) is 0 Å². The highest BCUT2D eigenvalue weighted by molar-refractivity contribution is 14.0. The van der Waals surface area contributed by atoms with Crippen LogP contribution < -0.4 is 15.4 Å². The number of benzene rings is 2. The number of halogens is 1. The molecule has 1 aliphatic rings. The number of nitrogens with zero attached hydrogens (tertiary/aromatic N) is 2. The number of guanidine groups is 1. The first-order valence-electron chi connectivity index (χ1n) is 10.5. The van der Waals surface area contributed by atoms with Gasteiger partial charge < -0.3 is 15.4 Å². The van der Waals surface area contributed by atoms with Gasteiger partial charge >= 0.3 is 0 Å². The third-order valence-corrected chi connectivity index (χ3v) is 6.72. The molecule has 0 radical (unpaired) electrons. The summed E-state index contributed by atoms with van der Waals surface area (Å²) in [5, 5.41) is 6.74. The molecule has 0 saturated carbocycles. The van der Waals surface area contributed by atoms with Gasteiger partial charge in [-0.05, 0) is 44.1 Å². The minimum absolute atomic E-state index is 0. The van der Waals surface area contributed by atoms with Gasteiger partial charge in [-0.3, -0.25) is 14.1 Å². The van der Waals surface area contributed by atoms with Gasteiger partial charge in [0.2, 0.25) is 0 Å². The van der Waals surface area contributed by atoms with Gasteiger partial charge in [0.15, 0.2) is 5.96 Å². The van der Waals surface area contributed by atoms with E-state index in [1.165, 1.54) is 18.4 Å². The number of hydrogen-bond acceptors (Lipinski definition) is 4. The van der Waals surface area contributed by atoms with E-state index >= 15 is 0 Å². The lowest BCUT2D eigenvalue weighted by molar-refractivity contribution is 0.239. The van der Waals surface area contributed by atoms with Crippen LogP contribution in [0.4, 0.5) is 0 Å². The number of likely N-dealkylation sites (tertiary alicyclic amines) is 1. The Morgan fingerprint density at radius 3 is 2.45 bits per heavy atom. The Balaban J connectivity index is 0.00000341. The van der Waals surface area contributed by atoms with Crippen LogP contribution in [0.15, 0.2) is 64.5 Å². The molecule has 170 valence electrons. The van der Waals surface area contributed by atoms with Crippen molar-refractivity contribution in [2.75, 3.05) is 46.1 Å². The van der Waals surface area contributed by atoms with E-state index in [0.29, 0.717) is 12.3 Å². The Labute approximate surface area is 205 Å². The maximum absolute atomic E-state index is 12.4. The van der Waals surface area contributed by atoms with E-state index in [-0.39, 0.29) is 30.0 Å². The molecule has 6 nitrogen and oxygen atoms in total. The van der Waals surface area contributed by atoms with Gasteiger partial charge in [0, 0.05) is 36.3 Å². The van der Waals surface area contributed by atoms with Crippen LogP contribution in [-0.4, -0.2) is 61.2 Å². The number of methoxy groups -OCH3 is 1. The van der Waals surface area contributed by atoms with Crippen LogP contribution in [0.3, 0.4) is 0 Å². The molecule has 0 spiro atoms. The van der Waals surface area contributed by atoms with Crippen molar-refractivity contribution in [3.63, 3.8) is 0 Å². The van der Waals surface area contributed by atoms with E-state index in [1.807, 2.05) is 42.5 Å². The molecule has 1 saturated heterocycles. The molecule has 0 aliphatic carbocycles. The van der Waals surface area contributed by atoms with Crippen LogP contribution in [0, 0.1) is 0 Å². The maximum atomic E-state index is 12.4. The predicted molar refractivity (Wildman–Crippen MR) is 139 cm³/mol. The molecule has 2 atom stereocenters. The molecule has 0 amide bonds. The van der Waals surface area contributed by atoms with Gasteiger partial charge in [0.1, 0.15) is 5.75 Å². The van der Waals surface area contributed by atoms with Crippen LogP contribution in [-0.2, 0) is 10.8 Å². The van der Waals surface area contributed by atoms with E-state index < -0.39 is 10.8 Å². The third kappa shape index (κ3) is 7.47. The van der Waals surface area contributed by atoms with Gasteiger partial charge in [0.25, 0.3) is 0 Å². The van der Waals surface area contributed by atoms with Crippen molar-refractivity contribution in [2.24, 2.45) is 4.99 Å². The highest BCUT2D eigenvalue weighted by Crippen LogP contribution is 2.31. The minimum Gasteiger partial charge on any atom is -0.496 e. The van der Waals surface area contributed by atoms with Gasteiger partial charge in [-0.25, -0.2) is 0 Å². The van der Waals surface area contributed by atoms with Crippen LogP contribution in [0.5, 0.6) is 5.75 Å². The molecular formula is C23H33IN4O2S. The van der Waals surface area contributed by atoms with E-state index in [9.17, 15) is 4.21 Å². The van der Waals surface area contributed by atoms with Crippen LogP contribution in [0.1, 0.15) is 24.4 Å². The SMILES string of the molecule is CN=C(NCCS(=O)c1ccccc1)NCC(c1ccccc1OC)N1CCCC1.I. The summed E-state index contributed by atoms with van der Waals surface area (Å²) in [6.45, 7) is 3.49. The van der Waals surface area contributed by atoms with Crippen molar-refractivity contribution >= 4 is 40.7 Å². The second kappa shape index (κ2) is 13.7. The van der Waals surface area contributed by atoms with Gasteiger partial charge in [0.05, 0.1) is 24.0 Å². The first-order chi connectivity index (χ1) is 14.7. The zero-order valence-corrected chi connectivity index (χ0v) is 21.4. The third-order valence-electron chi connectivity index (χ3n) is 5.35. The Bertz CT molecular complexity index is 844. The molecule has 1 fully saturated rings. The van der Waals surface area contributed by atoms with E-state index in [4.69, 9.17) is 4.74 Å². The fourth-order valence-corrected chi connectivity index (χ4v) is 4.78. The van der Waals surface area contributed by atoms with E-state index in [0.717, 1.165) is 36.2 Å². The lowest BCUT2D eigenvalue weighted by atomic mass is 10.0. The number of para-hydroxylation sites is 1. The molecular weight excluding hydrogens is 523 g/mol. The first-order valence-corrected chi connectivity index (χ1v) is 11.8. The molecule has 3 rings (SSSR count). The fourth-order valence-electron chi connectivity index (χ4n) is 3.80. The van der Waals surface area contributed by atoms with E-state index in [2.05, 4.69) is 32.7 Å². The second-order valence-electron chi connectivity index (χ2n) is 7.24. The summed E-state index contributed by atoms with van der Waals surface area (Å²) in [6, 6.07) is 18.0. The Morgan fingerprint density at radius 1 is 1.10 bits per heavy atom. The molecule has 2 aromatic rings. The topological polar surface area (TPSA) is 66.0 Å². The minimum atomic E-state index is -1.02. The molecule has 2 aromatic carbocycles. The summed E-state index contributed by atoms with van der Waals surface area (Å²) in [7, 11) is 2.46.